The van der Waals surface area contributed by atoms with Gasteiger partial charge in [0.2, 0.25) is 0 Å². The van der Waals surface area contributed by atoms with Gasteiger partial charge in [-0.1, -0.05) is 38.8 Å². The summed E-state index contributed by atoms with van der Waals surface area (Å²) in [5, 5.41) is 6.51. The van der Waals surface area contributed by atoms with Gasteiger partial charge in [0.05, 0.1) is 5.70 Å². The summed E-state index contributed by atoms with van der Waals surface area (Å²) in [7, 11) is 0. The first-order valence-electron chi connectivity index (χ1n) is 16.4. The summed E-state index contributed by atoms with van der Waals surface area (Å²) < 4.78 is 0. The largest absolute Gasteiger partial charge is 0.364 e. The fraction of sp³-hybridized carbons (Fsp3) is 0.667. The van der Waals surface area contributed by atoms with Gasteiger partial charge in [-0.3, -0.25) is 14.7 Å². The number of amides is 3. The molecule has 0 spiro atoms. The Labute approximate surface area is 251 Å². The van der Waals surface area contributed by atoms with Gasteiger partial charge in [0, 0.05) is 55.6 Å². The van der Waals surface area contributed by atoms with Crippen LogP contribution in [-0.4, -0.2) is 90.2 Å². The number of benzene rings is 1. The maximum absolute atomic E-state index is 12.6. The number of rotatable bonds is 7. The number of allylic oxidation sites excluding steroid dienone is 1. The first-order chi connectivity index (χ1) is 20.4. The van der Waals surface area contributed by atoms with Gasteiger partial charge >= 0.3 is 6.03 Å². The van der Waals surface area contributed by atoms with E-state index in [4.69, 9.17) is 10.7 Å². The number of aliphatic imine (C=N–C) groups is 1. The lowest BCUT2D eigenvalue weighted by atomic mass is 9.85. The second-order valence-corrected chi connectivity index (χ2v) is 13.3. The average Bonchev–Trinajstić information content (AvgIpc) is 3.68. The average molecular weight is 576 g/mol. The smallest absolute Gasteiger partial charge is 0.317 e. The zero-order valence-corrected chi connectivity index (χ0v) is 25.4. The van der Waals surface area contributed by atoms with E-state index in [2.05, 4.69) is 58.5 Å². The van der Waals surface area contributed by atoms with Crippen LogP contribution in [0.5, 0.6) is 0 Å². The lowest BCUT2D eigenvalue weighted by Gasteiger charge is -2.42. The van der Waals surface area contributed by atoms with E-state index < -0.39 is 5.91 Å². The zero-order chi connectivity index (χ0) is 29.2. The summed E-state index contributed by atoms with van der Waals surface area (Å²) in [4.78, 5) is 36.8. The molecule has 4 heterocycles. The second-order valence-electron chi connectivity index (χ2n) is 13.3. The Bertz CT molecular complexity index is 1180. The van der Waals surface area contributed by atoms with Crippen LogP contribution in [0.1, 0.15) is 76.7 Å². The van der Waals surface area contributed by atoms with Crippen LogP contribution in [0, 0.1) is 11.8 Å². The normalized spacial score (nSPS) is 30.5. The number of nitrogens with two attached hydrogens (primary N) is 1. The van der Waals surface area contributed by atoms with E-state index in [9.17, 15) is 9.59 Å². The number of anilines is 1. The quantitative estimate of drug-likeness (QED) is 0.453. The highest BCUT2D eigenvalue weighted by Crippen LogP contribution is 2.35. The van der Waals surface area contributed by atoms with E-state index in [1.807, 2.05) is 11.1 Å². The van der Waals surface area contributed by atoms with Crippen molar-refractivity contribution in [2.24, 2.45) is 22.6 Å². The van der Waals surface area contributed by atoms with E-state index in [0.29, 0.717) is 11.6 Å². The maximum atomic E-state index is 12.6. The molecule has 4 fully saturated rings. The molecule has 228 valence electrons. The second kappa shape index (κ2) is 12.8. The number of carbonyl (C=O) groups is 2. The van der Waals surface area contributed by atoms with Crippen molar-refractivity contribution in [2.75, 3.05) is 44.6 Å². The molecule has 4 atom stereocenters. The third-order valence-corrected chi connectivity index (χ3v) is 10.8. The van der Waals surface area contributed by atoms with Gasteiger partial charge in [0.15, 0.2) is 0 Å². The van der Waals surface area contributed by atoms with E-state index in [0.717, 1.165) is 56.4 Å². The number of hydrogen-bond donors (Lipinski definition) is 3. The SMILES string of the molecule is CC1C(Nc2ccc(C3CCN(C4CCCC4)CC3)cc2)=C(C(N)=O)N=CC(N2CCCC(N3CCNC3=O)C2)C1C. The summed E-state index contributed by atoms with van der Waals surface area (Å²) in [6.45, 7) is 10.1. The first-order valence-corrected chi connectivity index (χ1v) is 16.4. The minimum Gasteiger partial charge on any atom is -0.364 e. The summed E-state index contributed by atoms with van der Waals surface area (Å²) in [6.07, 6.45) is 12.0. The predicted molar refractivity (Wildman–Crippen MR) is 167 cm³/mol. The lowest BCUT2D eigenvalue weighted by molar-refractivity contribution is -0.114. The monoisotopic (exact) mass is 575 g/mol. The van der Waals surface area contributed by atoms with Gasteiger partial charge in [-0.05, 0) is 87.7 Å². The summed E-state index contributed by atoms with van der Waals surface area (Å²) in [5.41, 5.74) is 9.36. The number of nitrogens with zero attached hydrogens (tertiary/aromatic N) is 4. The van der Waals surface area contributed by atoms with E-state index >= 15 is 0 Å². The molecule has 4 N–H and O–H groups in total. The number of nitrogens with one attached hydrogen (secondary N) is 2. The molecule has 0 bridgehead atoms. The molecule has 42 heavy (non-hydrogen) atoms. The Morgan fingerprint density at radius 3 is 2.31 bits per heavy atom. The molecule has 1 saturated carbocycles. The molecule has 6 rings (SSSR count). The number of carbonyl (C=O) groups excluding carboxylic acids is 2. The van der Waals surface area contributed by atoms with Gasteiger partial charge in [-0.25, -0.2) is 4.79 Å². The van der Waals surface area contributed by atoms with Crippen molar-refractivity contribution in [1.29, 1.82) is 0 Å². The first kappa shape index (κ1) is 29.2. The number of piperidine rings is 2. The predicted octanol–water partition coefficient (Wildman–Crippen LogP) is 4.13. The van der Waals surface area contributed by atoms with Crippen LogP contribution in [0.25, 0.3) is 0 Å². The molecule has 3 amide bonds. The molecular formula is C33H49N7O2. The Hall–Kier alpha value is -2.91. The topological polar surface area (TPSA) is 106 Å². The van der Waals surface area contributed by atoms with Crippen LogP contribution in [0.15, 0.2) is 40.7 Å². The third-order valence-electron chi connectivity index (χ3n) is 10.8. The van der Waals surface area contributed by atoms with Crippen molar-refractivity contribution in [3.8, 4) is 0 Å². The molecule has 0 radical (unpaired) electrons. The zero-order valence-electron chi connectivity index (χ0n) is 25.4. The van der Waals surface area contributed by atoms with Crippen LogP contribution >= 0.6 is 0 Å². The van der Waals surface area contributed by atoms with Crippen molar-refractivity contribution in [3.05, 3.63) is 41.2 Å². The minimum absolute atomic E-state index is 0.0371. The molecule has 3 saturated heterocycles. The Balaban J connectivity index is 1.12. The fourth-order valence-corrected chi connectivity index (χ4v) is 8.13. The van der Waals surface area contributed by atoms with Crippen LogP contribution < -0.4 is 16.4 Å². The van der Waals surface area contributed by atoms with E-state index in [1.54, 1.807) is 0 Å². The molecule has 1 aromatic rings. The van der Waals surface area contributed by atoms with E-state index in [1.165, 1.54) is 57.2 Å². The maximum Gasteiger partial charge on any atom is 0.317 e. The molecule has 4 aliphatic heterocycles. The van der Waals surface area contributed by atoms with Crippen LogP contribution in [0.2, 0.25) is 0 Å². The van der Waals surface area contributed by atoms with E-state index in [-0.39, 0.29) is 30.0 Å². The molecule has 5 aliphatic rings. The summed E-state index contributed by atoms with van der Waals surface area (Å²) in [6, 6.07) is 9.91. The fourth-order valence-electron chi connectivity index (χ4n) is 8.13. The number of likely N-dealkylation sites (tertiary alicyclic amines) is 2. The summed E-state index contributed by atoms with van der Waals surface area (Å²) >= 11 is 0. The highest BCUT2D eigenvalue weighted by Gasteiger charge is 2.38. The van der Waals surface area contributed by atoms with Crippen molar-refractivity contribution in [2.45, 2.75) is 89.3 Å². The number of hydrogen-bond acceptors (Lipinski definition) is 6. The highest BCUT2D eigenvalue weighted by atomic mass is 16.2. The minimum atomic E-state index is -0.510. The van der Waals surface area contributed by atoms with Crippen LogP contribution in [0.4, 0.5) is 10.5 Å². The number of urea groups is 1. The Morgan fingerprint density at radius 2 is 1.64 bits per heavy atom. The van der Waals surface area contributed by atoms with Crippen LogP contribution in [0.3, 0.4) is 0 Å². The van der Waals surface area contributed by atoms with Gasteiger partial charge < -0.3 is 26.2 Å². The Morgan fingerprint density at radius 1 is 0.929 bits per heavy atom. The molecule has 9 heteroatoms. The van der Waals surface area contributed by atoms with Gasteiger partial charge in [0.1, 0.15) is 5.70 Å². The molecule has 1 aromatic carbocycles. The molecule has 0 aromatic heterocycles. The highest BCUT2D eigenvalue weighted by molar-refractivity contribution is 5.95. The number of primary amides is 1. The third kappa shape index (κ3) is 6.09. The molecular weight excluding hydrogens is 526 g/mol. The molecule has 1 aliphatic carbocycles. The van der Waals surface area contributed by atoms with Gasteiger partial charge in [0.25, 0.3) is 5.91 Å². The van der Waals surface area contributed by atoms with Gasteiger partial charge in [-0.15, -0.1) is 0 Å². The molecule has 9 nitrogen and oxygen atoms in total. The van der Waals surface area contributed by atoms with Crippen molar-refractivity contribution in [3.63, 3.8) is 0 Å². The lowest BCUT2D eigenvalue weighted by Crippen LogP contribution is -2.54. The Kier molecular flexibility index (Phi) is 8.86. The van der Waals surface area contributed by atoms with Crippen molar-refractivity contribution in [1.82, 2.24) is 20.0 Å². The standard InChI is InChI=1S/C33H49N7O2/c1-22-23(2)30(37-26-11-9-24(10-12-26)25-13-17-38(18-14-25)27-6-3-4-7-27)31(32(34)41)36-20-29(22)39-16-5-8-28(21-39)40-19-15-35-33(40)42/h9-12,20,22-23,25,27-29,37H,3-8,13-19,21H2,1-2H3,(H2,34,41)(H,35,42). The van der Waals surface area contributed by atoms with Crippen molar-refractivity contribution >= 4 is 23.8 Å². The molecule has 4 unspecified atom stereocenters. The van der Waals surface area contributed by atoms with Crippen molar-refractivity contribution < 1.29 is 9.59 Å². The summed E-state index contributed by atoms with van der Waals surface area (Å²) in [5.74, 6) is 0.335. The van der Waals surface area contributed by atoms with Crippen LogP contribution in [-0.2, 0) is 4.79 Å². The van der Waals surface area contributed by atoms with Gasteiger partial charge in [-0.2, -0.15) is 0 Å².